The van der Waals surface area contributed by atoms with Crippen LogP contribution in [0.4, 0.5) is 5.82 Å². The summed E-state index contributed by atoms with van der Waals surface area (Å²) < 4.78 is 6.13. The lowest BCUT2D eigenvalue weighted by Crippen LogP contribution is -2.27. The van der Waals surface area contributed by atoms with Gasteiger partial charge in [0, 0.05) is 6.54 Å². The van der Waals surface area contributed by atoms with E-state index in [2.05, 4.69) is 20.1 Å². The van der Waals surface area contributed by atoms with Gasteiger partial charge in [-0.25, -0.2) is 20.0 Å². The zero-order valence-electron chi connectivity index (χ0n) is 13.0. The van der Waals surface area contributed by atoms with Crippen molar-refractivity contribution < 1.29 is 9.68 Å². The van der Waals surface area contributed by atoms with Crippen molar-refractivity contribution in [3.05, 3.63) is 41.2 Å². The summed E-state index contributed by atoms with van der Waals surface area (Å²) in [4.78, 5) is 12.7. The largest absolute Gasteiger partial charge is 0.491 e. The molecule has 1 aliphatic heterocycles. The van der Waals surface area contributed by atoms with Crippen LogP contribution in [0, 0.1) is 0 Å². The van der Waals surface area contributed by atoms with E-state index in [9.17, 15) is 5.02 Å². The van der Waals surface area contributed by atoms with Crippen LogP contribution in [0.15, 0.2) is 35.1 Å². The van der Waals surface area contributed by atoms with Crippen molar-refractivity contribution in [2.24, 2.45) is 5.10 Å². The molecule has 0 bridgehead atoms. The normalized spacial score (nSPS) is 13.8. The number of aromatic nitrogens is 3. The van der Waals surface area contributed by atoms with E-state index in [1.54, 1.807) is 11.7 Å². The van der Waals surface area contributed by atoms with Crippen LogP contribution in [0.25, 0.3) is 10.3 Å². The first-order valence-electron chi connectivity index (χ1n) is 7.54. The minimum atomic E-state index is -0.821. The van der Waals surface area contributed by atoms with Gasteiger partial charge in [-0.05, 0) is 29.6 Å². The summed E-state index contributed by atoms with van der Waals surface area (Å²) in [7, 11) is -0.821. The van der Waals surface area contributed by atoms with Crippen LogP contribution in [0.1, 0.15) is 18.1 Å². The number of fused-ring (bicyclic) bond motifs is 2. The summed E-state index contributed by atoms with van der Waals surface area (Å²) >= 11 is 1.50. The number of rotatable bonds is 4. The van der Waals surface area contributed by atoms with Gasteiger partial charge in [-0.2, -0.15) is 5.10 Å². The van der Waals surface area contributed by atoms with E-state index in [0.717, 1.165) is 27.1 Å². The Labute approximate surface area is 142 Å². The maximum Gasteiger partial charge on any atom is 0.491 e. The van der Waals surface area contributed by atoms with Crippen LogP contribution in [-0.2, 0) is 11.3 Å². The van der Waals surface area contributed by atoms with Crippen LogP contribution in [0.5, 0.6) is 0 Å². The lowest BCUT2D eigenvalue weighted by atomic mass is 9.79. The molecule has 4 rings (SSSR count). The highest BCUT2D eigenvalue weighted by Gasteiger charge is 2.26. The third-order valence-electron chi connectivity index (χ3n) is 3.83. The number of benzene rings is 1. The first-order chi connectivity index (χ1) is 11.8. The monoisotopic (exact) mass is 339 g/mol. The van der Waals surface area contributed by atoms with Gasteiger partial charge in [-0.15, -0.1) is 11.3 Å². The van der Waals surface area contributed by atoms with Crippen molar-refractivity contribution in [2.75, 3.05) is 11.6 Å². The fourth-order valence-electron chi connectivity index (χ4n) is 2.62. The summed E-state index contributed by atoms with van der Waals surface area (Å²) in [5, 5.41) is 16.0. The van der Waals surface area contributed by atoms with Crippen LogP contribution in [0.2, 0.25) is 0 Å². The molecular formula is C15H14BN5O2S. The Balaban J connectivity index is 1.63. The maximum absolute atomic E-state index is 9.67. The van der Waals surface area contributed by atoms with Crippen molar-refractivity contribution in [1.82, 2.24) is 15.0 Å². The lowest BCUT2D eigenvalue weighted by Gasteiger charge is -2.15. The number of thiazole rings is 1. The van der Waals surface area contributed by atoms with Crippen LogP contribution in [0.3, 0.4) is 0 Å². The molecule has 0 spiro atoms. The molecule has 1 N–H and O–H groups in total. The number of hydrogen-bond acceptors (Lipinski definition) is 8. The van der Waals surface area contributed by atoms with E-state index in [-0.39, 0.29) is 0 Å². The van der Waals surface area contributed by atoms with Crippen molar-refractivity contribution >= 4 is 46.3 Å². The molecular weight excluding hydrogens is 325 g/mol. The third kappa shape index (κ3) is 2.66. The second kappa shape index (κ2) is 6.27. The van der Waals surface area contributed by atoms with Gasteiger partial charge < -0.3 is 9.68 Å². The minimum absolute atomic E-state index is 0.420. The average molecular weight is 339 g/mol. The van der Waals surface area contributed by atoms with Crippen molar-refractivity contribution in [3.8, 4) is 0 Å². The highest BCUT2D eigenvalue weighted by molar-refractivity contribution is 7.17. The van der Waals surface area contributed by atoms with Gasteiger partial charge in [0.1, 0.15) is 11.0 Å². The SMILES string of the molecule is CCN(/N=C/c1ccc2c(c1)COB2O)c1ncnc2ncsc12. The number of hydrazone groups is 1. The Morgan fingerprint density at radius 2 is 2.33 bits per heavy atom. The fourth-order valence-corrected chi connectivity index (χ4v) is 3.35. The molecule has 0 saturated heterocycles. The molecule has 7 nitrogen and oxygen atoms in total. The molecule has 0 fully saturated rings. The van der Waals surface area contributed by atoms with Gasteiger partial charge in [-0.1, -0.05) is 12.1 Å². The van der Waals surface area contributed by atoms with Gasteiger partial charge in [0.15, 0.2) is 11.5 Å². The molecule has 120 valence electrons. The maximum atomic E-state index is 9.67. The number of hydrogen-bond donors (Lipinski definition) is 1. The molecule has 0 unspecified atom stereocenters. The summed E-state index contributed by atoms with van der Waals surface area (Å²) in [6, 6.07) is 5.76. The molecule has 1 aromatic carbocycles. The zero-order chi connectivity index (χ0) is 16.5. The Bertz CT molecular complexity index is 916. The minimum Gasteiger partial charge on any atom is -0.423 e. The molecule has 3 heterocycles. The quantitative estimate of drug-likeness (QED) is 0.436. The smallest absolute Gasteiger partial charge is 0.423 e. The predicted molar refractivity (Wildman–Crippen MR) is 94.7 cm³/mol. The highest BCUT2D eigenvalue weighted by atomic mass is 32.1. The summed E-state index contributed by atoms with van der Waals surface area (Å²) in [6.07, 6.45) is 3.28. The lowest BCUT2D eigenvalue weighted by molar-refractivity contribution is 0.275. The van der Waals surface area contributed by atoms with Crippen LogP contribution < -0.4 is 10.5 Å². The zero-order valence-corrected chi connectivity index (χ0v) is 13.8. The molecule has 1 aliphatic rings. The van der Waals surface area contributed by atoms with Gasteiger partial charge in [-0.3, -0.25) is 0 Å². The Kier molecular flexibility index (Phi) is 3.97. The molecule has 0 saturated carbocycles. The van der Waals surface area contributed by atoms with E-state index >= 15 is 0 Å². The number of nitrogens with zero attached hydrogens (tertiary/aromatic N) is 5. The first kappa shape index (κ1) is 15.2. The molecule has 0 radical (unpaired) electrons. The average Bonchev–Trinajstić information content (AvgIpc) is 3.22. The van der Waals surface area contributed by atoms with Crippen LogP contribution >= 0.6 is 11.3 Å². The Morgan fingerprint density at radius 1 is 1.42 bits per heavy atom. The Hall–Kier alpha value is -2.36. The van der Waals surface area contributed by atoms with E-state index in [1.807, 2.05) is 30.1 Å². The summed E-state index contributed by atoms with van der Waals surface area (Å²) in [5.74, 6) is 0.751. The van der Waals surface area contributed by atoms with E-state index in [1.165, 1.54) is 17.7 Å². The molecule has 9 heteroatoms. The molecule has 2 aromatic heterocycles. The van der Waals surface area contributed by atoms with E-state index in [4.69, 9.17) is 4.65 Å². The third-order valence-corrected chi connectivity index (χ3v) is 4.64. The molecule has 0 atom stereocenters. The predicted octanol–water partition coefficient (Wildman–Crippen LogP) is 1.16. The van der Waals surface area contributed by atoms with E-state index in [0.29, 0.717) is 18.8 Å². The van der Waals surface area contributed by atoms with Crippen molar-refractivity contribution in [1.29, 1.82) is 0 Å². The Morgan fingerprint density at radius 3 is 3.21 bits per heavy atom. The second-order valence-corrected chi connectivity index (χ2v) is 6.14. The van der Waals surface area contributed by atoms with Gasteiger partial charge >= 0.3 is 7.12 Å². The second-order valence-electron chi connectivity index (χ2n) is 5.28. The summed E-state index contributed by atoms with van der Waals surface area (Å²) in [6.45, 7) is 3.11. The molecule has 0 amide bonds. The topological polar surface area (TPSA) is 83.7 Å². The molecule has 3 aromatic rings. The first-order valence-corrected chi connectivity index (χ1v) is 8.42. The highest BCUT2D eigenvalue weighted by Crippen LogP contribution is 2.26. The molecule has 0 aliphatic carbocycles. The summed E-state index contributed by atoms with van der Waals surface area (Å²) in [5.41, 5.74) is 5.19. The molecule has 24 heavy (non-hydrogen) atoms. The van der Waals surface area contributed by atoms with Gasteiger partial charge in [0.2, 0.25) is 0 Å². The van der Waals surface area contributed by atoms with E-state index < -0.39 is 7.12 Å². The van der Waals surface area contributed by atoms with Gasteiger partial charge in [0.25, 0.3) is 0 Å². The van der Waals surface area contributed by atoms with Crippen molar-refractivity contribution in [2.45, 2.75) is 13.5 Å². The van der Waals surface area contributed by atoms with Crippen LogP contribution in [-0.4, -0.2) is 39.9 Å². The van der Waals surface area contributed by atoms with Gasteiger partial charge in [0.05, 0.1) is 18.3 Å². The number of anilines is 1. The fraction of sp³-hybridized carbons (Fsp3) is 0.200. The standard InChI is InChI=1S/C15H14BN5O2S/c1-2-21(15-13-14(17-8-18-15)19-9-24-13)20-6-10-3-4-12-11(5-10)7-23-16(12)22/h3-6,8-9,22H,2,7H2,1H3/b20-6+. The van der Waals surface area contributed by atoms with Crippen molar-refractivity contribution in [3.63, 3.8) is 0 Å².